The number of rotatable bonds is 7. The summed E-state index contributed by atoms with van der Waals surface area (Å²) >= 11 is 6.09. The normalized spacial score (nSPS) is 12.5. The molecule has 154 valence electrons. The van der Waals surface area contributed by atoms with Crippen LogP contribution in [-0.2, 0) is 4.79 Å². The first-order valence-electron chi connectivity index (χ1n) is 9.62. The molecule has 0 fully saturated rings. The Morgan fingerprint density at radius 1 is 0.867 bits per heavy atom. The number of hydrogen-bond donors (Lipinski definition) is 2. The first kappa shape index (κ1) is 21.4. The van der Waals surface area contributed by atoms with E-state index in [0.717, 1.165) is 5.56 Å². The van der Waals surface area contributed by atoms with Gasteiger partial charge in [0.1, 0.15) is 5.75 Å². The van der Waals surface area contributed by atoms with Crippen LogP contribution >= 0.6 is 11.6 Å². The summed E-state index contributed by atoms with van der Waals surface area (Å²) in [6, 6.07) is 23.3. The van der Waals surface area contributed by atoms with Crippen LogP contribution < -0.4 is 15.4 Å². The number of ether oxygens (including phenoxy) is 1. The number of amides is 2. The molecule has 0 aromatic heterocycles. The highest BCUT2D eigenvalue weighted by molar-refractivity contribution is 6.32. The Labute approximate surface area is 181 Å². The minimum atomic E-state index is -0.802. The summed E-state index contributed by atoms with van der Waals surface area (Å²) in [5.41, 5.74) is 1.78. The van der Waals surface area contributed by atoms with Gasteiger partial charge in [0.15, 0.2) is 6.10 Å². The number of para-hydroxylation sites is 2. The molecule has 0 aliphatic rings. The lowest BCUT2D eigenvalue weighted by molar-refractivity contribution is -0.122. The fraction of sp³-hybridized carbons (Fsp3) is 0.167. The van der Waals surface area contributed by atoms with Crippen LogP contribution in [0, 0.1) is 0 Å². The highest BCUT2D eigenvalue weighted by atomic mass is 35.5. The Balaban J connectivity index is 1.69. The average molecular weight is 423 g/mol. The molecule has 0 spiro atoms. The van der Waals surface area contributed by atoms with Crippen molar-refractivity contribution in [1.82, 2.24) is 5.32 Å². The molecule has 3 rings (SSSR count). The van der Waals surface area contributed by atoms with Crippen molar-refractivity contribution in [1.29, 1.82) is 0 Å². The molecule has 0 aliphatic heterocycles. The maximum absolute atomic E-state index is 12.8. The molecule has 6 heteroatoms. The van der Waals surface area contributed by atoms with Crippen LogP contribution in [-0.4, -0.2) is 17.9 Å². The highest BCUT2D eigenvalue weighted by Gasteiger charge is 2.20. The maximum atomic E-state index is 12.8. The summed E-state index contributed by atoms with van der Waals surface area (Å²) in [7, 11) is 0. The van der Waals surface area contributed by atoms with Crippen molar-refractivity contribution >= 4 is 29.1 Å². The average Bonchev–Trinajstić information content (AvgIpc) is 2.76. The molecule has 5 nitrogen and oxygen atoms in total. The summed E-state index contributed by atoms with van der Waals surface area (Å²) in [5, 5.41) is 6.16. The fourth-order valence-electron chi connectivity index (χ4n) is 2.91. The van der Waals surface area contributed by atoms with E-state index < -0.39 is 6.10 Å². The number of carbonyl (C=O) groups is 2. The van der Waals surface area contributed by atoms with Gasteiger partial charge in [0, 0.05) is 0 Å². The molecule has 0 saturated heterocycles. The second-order valence-corrected chi connectivity index (χ2v) is 7.24. The predicted molar refractivity (Wildman–Crippen MR) is 119 cm³/mol. The zero-order valence-corrected chi connectivity index (χ0v) is 17.5. The fourth-order valence-corrected chi connectivity index (χ4v) is 3.09. The molecule has 0 heterocycles. The second-order valence-electron chi connectivity index (χ2n) is 6.83. The number of nitrogens with one attached hydrogen (secondary N) is 2. The van der Waals surface area contributed by atoms with Gasteiger partial charge in [0.2, 0.25) is 0 Å². The van der Waals surface area contributed by atoms with Crippen LogP contribution in [0.3, 0.4) is 0 Å². The van der Waals surface area contributed by atoms with E-state index in [1.54, 1.807) is 55.5 Å². The van der Waals surface area contributed by atoms with Gasteiger partial charge in [-0.05, 0) is 43.7 Å². The van der Waals surface area contributed by atoms with Gasteiger partial charge in [-0.25, -0.2) is 0 Å². The summed E-state index contributed by atoms with van der Waals surface area (Å²) < 4.78 is 5.66. The van der Waals surface area contributed by atoms with E-state index in [0.29, 0.717) is 22.0 Å². The first-order valence-corrected chi connectivity index (χ1v) is 10.0. The third kappa shape index (κ3) is 5.39. The predicted octanol–water partition coefficient (Wildman–Crippen LogP) is 5.24. The van der Waals surface area contributed by atoms with Crippen LogP contribution in [0.2, 0.25) is 5.02 Å². The third-order valence-corrected chi connectivity index (χ3v) is 4.90. The Hall–Kier alpha value is -3.31. The van der Waals surface area contributed by atoms with Crippen LogP contribution in [0.5, 0.6) is 5.75 Å². The van der Waals surface area contributed by atoms with E-state index in [1.807, 2.05) is 37.3 Å². The van der Waals surface area contributed by atoms with Gasteiger partial charge in [0.05, 0.1) is 22.3 Å². The monoisotopic (exact) mass is 422 g/mol. The molecule has 0 aliphatic carbocycles. The van der Waals surface area contributed by atoms with Crippen molar-refractivity contribution in [3.8, 4) is 5.75 Å². The molecule has 2 unspecified atom stereocenters. The van der Waals surface area contributed by atoms with Gasteiger partial charge >= 0.3 is 0 Å². The minimum absolute atomic E-state index is 0.176. The van der Waals surface area contributed by atoms with Gasteiger partial charge in [-0.1, -0.05) is 66.2 Å². The van der Waals surface area contributed by atoms with Crippen molar-refractivity contribution in [2.75, 3.05) is 5.32 Å². The van der Waals surface area contributed by atoms with Crippen LogP contribution in [0.15, 0.2) is 78.9 Å². The smallest absolute Gasteiger partial charge is 0.265 e. The first-order chi connectivity index (χ1) is 14.5. The van der Waals surface area contributed by atoms with Crippen molar-refractivity contribution in [3.63, 3.8) is 0 Å². The Morgan fingerprint density at radius 3 is 2.23 bits per heavy atom. The lowest BCUT2D eigenvalue weighted by Gasteiger charge is -2.18. The third-order valence-electron chi connectivity index (χ3n) is 4.59. The molecular formula is C24H23ClN2O3. The number of carbonyl (C=O) groups excluding carboxylic acids is 2. The zero-order chi connectivity index (χ0) is 21.5. The number of benzene rings is 3. The van der Waals surface area contributed by atoms with Crippen LogP contribution in [0.25, 0.3) is 0 Å². The summed E-state index contributed by atoms with van der Waals surface area (Å²) in [4.78, 5) is 25.5. The highest BCUT2D eigenvalue weighted by Crippen LogP contribution is 2.25. The lowest BCUT2D eigenvalue weighted by atomic mass is 10.1. The van der Waals surface area contributed by atoms with Crippen LogP contribution in [0.4, 0.5) is 5.69 Å². The van der Waals surface area contributed by atoms with Gasteiger partial charge in [0.25, 0.3) is 11.8 Å². The number of hydrogen-bond acceptors (Lipinski definition) is 3. The maximum Gasteiger partial charge on any atom is 0.265 e. The van der Waals surface area contributed by atoms with E-state index in [2.05, 4.69) is 10.6 Å². The molecule has 30 heavy (non-hydrogen) atoms. The number of halogens is 1. The summed E-state index contributed by atoms with van der Waals surface area (Å²) in [5.74, 6) is -0.238. The SMILES string of the molecule is CC(Oc1ccccc1Cl)C(=O)Nc1ccccc1C(=O)NC(C)c1ccccc1. The Bertz CT molecular complexity index is 1020. The van der Waals surface area contributed by atoms with E-state index in [1.165, 1.54) is 0 Å². The van der Waals surface area contributed by atoms with Crippen molar-refractivity contribution < 1.29 is 14.3 Å². The molecule has 2 atom stereocenters. The zero-order valence-electron chi connectivity index (χ0n) is 16.8. The standard InChI is InChI=1S/C24H23ClN2O3/c1-16(18-10-4-3-5-11-18)26-24(29)19-12-6-8-14-21(19)27-23(28)17(2)30-22-15-9-7-13-20(22)25/h3-17H,1-2H3,(H,26,29)(H,27,28). The Kier molecular flexibility index (Phi) is 7.09. The molecule has 3 aromatic rings. The topological polar surface area (TPSA) is 67.4 Å². The molecule has 2 amide bonds. The van der Waals surface area contributed by atoms with E-state index in [9.17, 15) is 9.59 Å². The van der Waals surface area contributed by atoms with E-state index >= 15 is 0 Å². The molecule has 0 radical (unpaired) electrons. The minimum Gasteiger partial charge on any atom is -0.479 e. The summed E-state index contributed by atoms with van der Waals surface area (Å²) in [6.07, 6.45) is -0.802. The van der Waals surface area contributed by atoms with Crippen molar-refractivity contribution in [2.24, 2.45) is 0 Å². The lowest BCUT2D eigenvalue weighted by Crippen LogP contribution is -2.32. The van der Waals surface area contributed by atoms with Crippen molar-refractivity contribution in [3.05, 3.63) is 95.0 Å². The second kappa shape index (κ2) is 9.94. The molecule has 3 aromatic carbocycles. The van der Waals surface area contributed by atoms with Gasteiger partial charge in [-0.15, -0.1) is 0 Å². The van der Waals surface area contributed by atoms with Gasteiger partial charge < -0.3 is 15.4 Å². The molecular weight excluding hydrogens is 400 g/mol. The van der Waals surface area contributed by atoms with Gasteiger partial charge in [-0.3, -0.25) is 9.59 Å². The quantitative estimate of drug-likeness (QED) is 0.547. The molecule has 2 N–H and O–H groups in total. The van der Waals surface area contributed by atoms with E-state index in [4.69, 9.17) is 16.3 Å². The largest absolute Gasteiger partial charge is 0.479 e. The Morgan fingerprint density at radius 2 is 1.50 bits per heavy atom. The van der Waals surface area contributed by atoms with Crippen molar-refractivity contribution in [2.45, 2.75) is 26.0 Å². The van der Waals surface area contributed by atoms with Gasteiger partial charge in [-0.2, -0.15) is 0 Å². The van der Waals surface area contributed by atoms with E-state index in [-0.39, 0.29) is 17.9 Å². The molecule has 0 bridgehead atoms. The van der Waals surface area contributed by atoms with Crippen LogP contribution in [0.1, 0.15) is 35.8 Å². The molecule has 0 saturated carbocycles. The summed E-state index contributed by atoms with van der Waals surface area (Å²) in [6.45, 7) is 3.53. The number of anilines is 1.